The molecule has 2 aliphatic heterocycles. The molecule has 0 radical (unpaired) electrons. The Labute approximate surface area is 98.4 Å². The summed E-state index contributed by atoms with van der Waals surface area (Å²) in [4.78, 5) is 5.17. The van der Waals surface area contributed by atoms with Crippen molar-refractivity contribution in [3.63, 3.8) is 0 Å². The zero-order valence-corrected chi connectivity index (χ0v) is 10.1. The van der Waals surface area contributed by atoms with E-state index in [1.54, 1.807) is 0 Å². The number of nitrogens with zero attached hydrogens (tertiary/aromatic N) is 2. The summed E-state index contributed by atoms with van der Waals surface area (Å²) in [5.74, 6) is 0.628. The molecule has 2 unspecified atom stereocenters. The van der Waals surface area contributed by atoms with Gasteiger partial charge in [-0.3, -0.25) is 9.80 Å². The number of hydrogen-bond acceptors (Lipinski definition) is 3. The number of β-amino-alcohol motifs (C(OH)–C–C–N with tert-alkyl or cyclic N) is 1. The van der Waals surface area contributed by atoms with Crippen molar-refractivity contribution in [3.8, 4) is 0 Å². The molecule has 0 aromatic heterocycles. The van der Waals surface area contributed by atoms with E-state index in [0.717, 1.165) is 12.6 Å². The van der Waals surface area contributed by atoms with Gasteiger partial charge in [-0.25, -0.2) is 0 Å². The lowest BCUT2D eigenvalue weighted by Gasteiger charge is -2.27. The minimum atomic E-state index is -0.0482. The largest absolute Gasteiger partial charge is 0.392 e. The van der Waals surface area contributed by atoms with Gasteiger partial charge in [0.15, 0.2) is 0 Å². The maximum absolute atomic E-state index is 10.0. The van der Waals surface area contributed by atoms with Crippen molar-refractivity contribution in [1.29, 1.82) is 0 Å². The first kappa shape index (κ1) is 11.0. The number of aliphatic hydroxyl groups is 1. The van der Waals surface area contributed by atoms with Crippen LogP contribution in [0.2, 0.25) is 0 Å². The minimum Gasteiger partial charge on any atom is -0.392 e. The monoisotopic (exact) mass is 224 g/mol. The second-order valence-electron chi connectivity index (χ2n) is 5.85. The van der Waals surface area contributed by atoms with Crippen molar-refractivity contribution >= 4 is 0 Å². The molecule has 0 spiro atoms. The third kappa shape index (κ3) is 2.41. The molecule has 3 fully saturated rings. The molecule has 1 saturated carbocycles. The van der Waals surface area contributed by atoms with E-state index in [9.17, 15) is 5.11 Å². The molecule has 16 heavy (non-hydrogen) atoms. The lowest BCUT2D eigenvalue weighted by molar-refractivity contribution is 0.0911. The van der Waals surface area contributed by atoms with E-state index in [2.05, 4.69) is 9.80 Å². The Kier molecular flexibility index (Phi) is 3.18. The summed E-state index contributed by atoms with van der Waals surface area (Å²) in [6.07, 6.45) is 6.50. The van der Waals surface area contributed by atoms with Crippen LogP contribution in [-0.4, -0.2) is 59.8 Å². The van der Waals surface area contributed by atoms with Gasteiger partial charge in [0.1, 0.15) is 0 Å². The van der Waals surface area contributed by atoms with Gasteiger partial charge in [-0.2, -0.15) is 0 Å². The fourth-order valence-electron chi connectivity index (χ4n) is 3.34. The molecule has 0 bridgehead atoms. The standard InChI is InChI=1S/C13H24N2O/c16-13(11-4-5-11)10-14-6-2-8-15-7-1-3-12(15)9-14/h11-13,16H,1-10H2. The van der Waals surface area contributed by atoms with E-state index in [1.165, 1.54) is 58.3 Å². The van der Waals surface area contributed by atoms with E-state index in [-0.39, 0.29) is 6.10 Å². The zero-order valence-electron chi connectivity index (χ0n) is 10.1. The van der Waals surface area contributed by atoms with E-state index in [4.69, 9.17) is 0 Å². The molecule has 0 amide bonds. The summed E-state index contributed by atoms with van der Waals surface area (Å²) in [6, 6.07) is 0.786. The third-order valence-corrected chi connectivity index (χ3v) is 4.50. The maximum atomic E-state index is 10.0. The van der Waals surface area contributed by atoms with Gasteiger partial charge >= 0.3 is 0 Å². The highest BCUT2D eigenvalue weighted by molar-refractivity contribution is 4.88. The van der Waals surface area contributed by atoms with Crippen molar-refractivity contribution in [2.75, 3.05) is 32.7 Å². The van der Waals surface area contributed by atoms with Gasteiger partial charge < -0.3 is 5.11 Å². The second-order valence-corrected chi connectivity index (χ2v) is 5.85. The van der Waals surface area contributed by atoms with Gasteiger partial charge in [-0.05, 0) is 57.7 Å². The van der Waals surface area contributed by atoms with Crippen molar-refractivity contribution in [2.45, 2.75) is 44.2 Å². The minimum absolute atomic E-state index is 0.0482. The number of hydrogen-bond donors (Lipinski definition) is 1. The third-order valence-electron chi connectivity index (χ3n) is 4.50. The fourth-order valence-corrected chi connectivity index (χ4v) is 3.34. The molecule has 3 aliphatic rings. The number of fused-ring (bicyclic) bond motifs is 1. The van der Waals surface area contributed by atoms with E-state index < -0.39 is 0 Å². The van der Waals surface area contributed by atoms with Gasteiger partial charge in [0.2, 0.25) is 0 Å². The zero-order chi connectivity index (χ0) is 11.0. The molecule has 3 nitrogen and oxygen atoms in total. The average molecular weight is 224 g/mol. The molecule has 2 saturated heterocycles. The van der Waals surface area contributed by atoms with Crippen molar-refractivity contribution in [2.24, 2.45) is 5.92 Å². The molecule has 1 N–H and O–H groups in total. The Morgan fingerprint density at radius 2 is 1.88 bits per heavy atom. The lowest BCUT2D eigenvalue weighted by Crippen LogP contribution is -2.40. The quantitative estimate of drug-likeness (QED) is 0.772. The SMILES string of the molecule is OC(CN1CCCN2CCCC2C1)C1CC1. The van der Waals surface area contributed by atoms with Crippen LogP contribution < -0.4 is 0 Å². The van der Waals surface area contributed by atoms with Gasteiger partial charge in [0, 0.05) is 19.1 Å². The maximum Gasteiger partial charge on any atom is 0.0695 e. The van der Waals surface area contributed by atoms with Gasteiger partial charge in [-0.1, -0.05) is 0 Å². The van der Waals surface area contributed by atoms with Crippen LogP contribution in [0.1, 0.15) is 32.1 Å². The predicted octanol–water partition coefficient (Wildman–Crippen LogP) is 0.927. The topological polar surface area (TPSA) is 26.7 Å². The molecule has 92 valence electrons. The highest BCUT2D eigenvalue weighted by Crippen LogP contribution is 2.33. The van der Waals surface area contributed by atoms with Gasteiger partial charge in [0.25, 0.3) is 0 Å². The van der Waals surface area contributed by atoms with Crippen LogP contribution in [-0.2, 0) is 0 Å². The molecule has 1 aliphatic carbocycles. The molecule has 3 heteroatoms. The van der Waals surface area contributed by atoms with Gasteiger partial charge in [-0.15, -0.1) is 0 Å². The number of rotatable bonds is 3. The molecule has 2 atom stereocenters. The summed E-state index contributed by atoms with van der Waals surface area (Å²) >= 11 is 0. The first-order chi connectivity index (χ1) is 7.83. The summed E-state index contributed by atoms with van der Waals surface area (Å²) in [5, 5.41) is 10.0. The van der Waals surface area contributed by atoms with Crippen LogP contribution in [0.4, 0.5) is 0 Å². The molecule has 2 heterocycles. The summed E-state index contributed by atoms with van der Waals surface area (Å²) in [5.41, 5.74) is 0. The van der Waals surface area contributed by atoms with Gasteiger partial charge in [0.05, 0.1) is 6.10 Å². The van der Waals surface area contributed by atoms with E-state index >= 15 is 0 Å². The Bertz CT molecular complexity index is 242. The summed E-state index contributed by atoms with van der Waals surface area (Å²) in [6.45, 7) is 5.90. The number of aliphatic hydroxyl groups excluding tert-OH is 1. The molecule has 0 aromatic rings. The molecular weight excluding hydrogens is 200 g/mol. The summed E-state index contributed by atoms with van der Waals surface area (Å²) < 4.78 is 0. The Morgan fingerprint density at radius 1 is 1.06 bits per heavy atom. The molecule has 0 aromatic carbocycles. The predicted molar refractivity (Wildman–Crippen MR) is 64.4 cm³/mol. The summed E-state index contributed by atoms with van der Waals surface area (Å²) in [7, 11) is 0. The highest BCUT2D eigenvalue weighted by Gasteiger charge is 2.33. The normalized spacial score (nSPS) is 34.7. The fraction of sp³-hybridized carbons (Fsp3) is 1.00. The van der Waals surface area contributed by atoms with Crippen LogP contribution in [0.15, 0.2) is 0 Å². The van der Waals surface area contributed by atoms with Crippen molar-refractivity contribution in [1.82, 2.24) is 9.80 Å². The smallest absolute Gasteiger partial charge is 0.0695 e. The van der Waals surface area contributed by atoms with Crippen LogP contribution in [0.5, 0.6) is 0 Å². The van der Waals surface area contributed by atoms with E-state index in [0.29, 0.717) is 5.92 Å². The van der Waals surface area contributed by atoms with Crippen LogP contribution in [0.3, 0.4) is 0 Å². The van der Waals surface area contributed by atoms with Crippen LogP contribution in [0, 0.1) is 5.92 Å². The van der Waals surface area contributed by atoms with Crippen LogP contribution >= 0.6 is 0 Å². The molecular formula is C13H24N2O. The first-order valence-electron chi connectivity index (χ1n) is 6.97. The highest BCUT2D eigenvalue weighted by atomic mass is 16.3. The van der Waals surface area contributed by atoms with E-state index in [1.807, 2.05) is 0 Å². The van der Waals surface area contributed by atoms with Crippen LogP contribution in [0.25, 0.3) is 0 Å². The Morgan fingerprint density at radius 3 is 2.69 bits per heavy atom. The first-order valence-corrected chi connectivity index (χ1v) is 6.97. The Hall–Kier alpha value is -0.120. The Balaban J connectivity index is 1.53. The van der Waals surface area contributed by atoms with Crippen molar-refractivity contribution < 1.29 is 5.11 Å². The lowest BCUT2D eigenvalue weighted by atomic mass is 10.2. The molecule has 3 rings (SSSR count). The van der Waals surface area contributed by atoms with Crippen molar-refractivity contribution in [3.05, 3.63) is 0 Å². The average Bonchev–Trinajstić information content (AvgIpc) is 3.05. The second kappa shape index (κ2) is 4.63.